The van der Waals surface area contributed by atoms with Gasteiger partial charge in [0.25, 0.3) is 0 Å². The van der Waals surface area contributed by atoms with E-state index in [0.717, 1.165) is 11.3 Å². The molecule has 1 heterocycles. The zero-order chi connectivity index (χ0) is 14.9. The molecule has 0 aromatic heterocycles. The number of hydrogen-bond acceptors (Lipinski definition) is 2. The van der Waals surface area contributed by atoms with Gasteiger partial charge in [-0.2, -0.15) is 0 Å². The number of carbonyl (C=O) groups excluding carboxylic acids is 2. The molecule has 1 atom stereocenters. The molecule has 0 spiro atoms. The number of aryl methyl sites for hydroxylation is 1. The molecule has 1 N–H and O–H groups in total. The fourth-order valence-corrected chi connectivity index (χ4v) is 2.53. The molecule has 1 aromatic carbocycles. The van der Waals surface area contributed by atoms with Crippen LogP contribution in [0.4, 0.5) is 5.69 Å². The summed E-state index contributed by atoms with van der Waals surface area (Å²) in [6.07, 6.45) is 0.306. The minimum Gasteiger partial charge on any atom is -0.344 e. The van der Waals surface area contributed by atoms with Crippen molar-refractivity contribution in [3.63, 3.8) is 0 Å². The molecule has 1 aliphatic heterocycles. The molecule has 2 rings (SSSR count). The molecule has 108 valence electrons. The molecular formula is C15H19ClN2O2. The minimum absolute atomic E-state index is 0.0477. The first kappa shape index (κ1) is 14.9. The number of benzene rings is 1. The molecule has 1 saturated heterocycles. The maximum Gasteiger partial charge on any atom is 0.249 e. The van der Waals surface area contributed by atoms with Crippen molar-refractivity contribution in [2.45, 2.75) is 33.2 Å². The Morgan fingerprint density at radius 2 is 2.05 bits per heavy atom. The average Bonchev–Trinajstić information content (AvgIpc) is 2.53. The fraction of sp³-hybridized carbons (Fsp3) is 0.467. The molecule has 1 aliphatic rings. The van der Waals surface area contributed by atoms with Crippen molar-refractivity contribution in [1.29, 1.82) is 0 Å². The van der Waals surface area contributed by atoms with E-state index in [9.17, 15) is 9.59 Å². The van der Waals surface area contributed by atoms with E-state index in [4.69, 9.17) is 11.6 Å². The molecule has 1 fully saturated rings. The number of nitrogens with zero attached hydrogens (tertiary/aromatic N) is 1. The van der Waals surface area contributed by atoms with Crippen molar-refractivity contribution < 1.29 is 9.59 Å². The predicted octanol–water partition coefficient (Wildman–Crippen LogP) is 2.53. The number of carbonyl (C=O) groups is 2. The highest BCUT2D eigenvalue weighted by atomic mass is 35.5. The first-order valence-corrected chi connectivity index (χ1v) is 7.15. The van der Waals surface area contributed by atoms with E-state index in [0.29, 0.717) is 18.0 Å². The number of nitrogens with one attached hydrogen (secondary N) is 1. The Morgan fingerprint density at radius 1 is 1.35 bits per heavy atom. The SMILES string of the molecule is Cc1ccc(Cl)cc1N1CCC(=O)NC(C(C)C)C1=O. The van der Waals surface area contributed by atoms with Crippen molar-refractivity contribution in [2.75, 3.05) is 11.4 Å². The summed E-state index contributed by atoms with van der Waals surface area (Å²) in [5, 5.41) is 3.38. The fourth-order valence-electron chi connectivity index (χ4n) is 2.36. The van der Waals surface area contributed by atoms with Crippen LogP contribution < -0.4 is 10.2 Å². The first-order chi connectivity index (χ1) is 9.40. The van der Waals surface area contributed by atoms with E-state index in [1.165, 1.54) is 0 Å². The molecule has 0 radical (unpaired) electrons. The van der Waals surface area contributed by atoms with Crippen molar-refractivity contribution in [3.8, 4) is 0 Å². The van der Waals surface area contributed by atoms with E-state index >= 15 is 0 Å². The third kappa shape index (κ3) is 2.96. The zero-order valence-electron chi connectivity index (χ0n) is 11.9. The number of rotatable bonds is 2. The van der Waals surface area contributed by atoms with Crippen LogP contribution in [0.2, 0.25) is 5.02 Å². The standard InChI is InChI=1S/C15H19ClN2O2/c1-9(2)14-15(20)18(7-6-13(19)17-14)12-8-11(16)5-4-10(12)3/h4-5,8-9,14H,6-7H2,1-3H3,(H,17,19). The Balaban J connectivity index is 2.41. The Hall–Kier alpha value is -1.55. The molecule has 5 heteroatoms. The normalized spacial score (nSPS) is 20.1. The third-order valence-corrected chi connectivity index (χ3v) is 3.77. The van der Waals surface area contributed by atoms with Crippen molar-refractivity contribution in [3.05, 3.63) is 28.8 Å². The summed E-state index contributed by atoms with van der Waals surface area (Å²) in [5.74, 6) is -0.109. The highest BCUT2D eigenvalue weighted by Crippen LogP contribution is 2.26. The van der Waals surface area contributed by atoms with Gasteiger partial charge in [0.05, 0.1) is 0 Å². The smallest absolute Gasteiger partial charge is 0.249 e. The zero-order valence-corrected chi connectivity index (χ0v) is 12.7. The van der Waals surface area contributed by atoms with Gasteiger partial charge in [-0.3, -0.25) is 9.59 Å². The first-order valence-electron chi connectivity index (χ1n) is 6.77. The van der Waals surface area contributed by atoms with Crippen LogP contribution in [0.25, 0.3) is 0 Å². The summed E-state index contributed by atoms with van der Waals surface area (Å²) in [6, 6.07) is 4.98. The quantitative estimate of drug-likeness (QED) is 0.911. The van der Waals surface area contributed by atoms with Crippen LogP contribution >= 0.6 is 11.6 Å². The Labute approximate surface area is 124 Å². The lowest BCUT2D eigenvalue weighted by atomic mass is 10.0. The van der Waals surface area contributed by atoms with Gasteiger partial charge in [-0.25, -0.2) is 0 Å². The number of halogens is 1. The number of hydrogen-bond donors (Lipinski definition) is 1. The lowest BCUT2D eigenvalue weighted by Gasteiger charge is -2.27. The summed E-state index contributed by atoms with van der Waals surface area (Å²) in [4.78, 5) is 26.1. The molecule has 0 saturated carbocycles. The largest absolute Gasteiger partial charge is 0.344 e. The van der Waals surface area contributed by atoms with Crippen molar-refractivity contribution in [2.24, 2.45) is 5.92 Å². The Morgan fingerprint density at radius 3 is 2.70 bits per heavy atom. The van der Waals surface area contributed by atoms with Gasteiger partial charge in [-0.05, 0) is 30.5 Å². The van der Waals surface area contributed by atoms with E-state index in [1.807, 2.05) is 26.8 Å². The molecule has 1 aromatic rings. The van der Waals surface area contributed by atoms with Crippen LogP contribution in [-0.4, -0.2) is 24.4 Å². The van der Waals surface area contributed by atoms with Crippen molar-refractivity contribution in [1.82, 2.24) is 5.32 Å². The number of anilines is 1. The van der Waals surface area contributed by atoms with E-state index in [2.05, 4.69) is 5.32 Å². The van der Waals surface area contributed by atoms with Crippen molar-refractivity contribution >= 4 is 29.1 Å². The summed E-state index contributed by atoms with van der Waals surface area (Å²) in [7, 11) is 0. The van der Waals surface area contributed by atoms with Crippen LogP contribution in [0.15, 0.2) is 18.2 Å². The predicted molar refractivity (Wildman–Crippen MR) is 79.9 cm³/mol. The van der Waals surface area contributed by atoms with Crippen LogP contribution in [0.3, 0.4) is 0 Å². The third-order valence-electron chi connectivity index (χ3n) is 3.54. The van der Waals surface area contributed by atoms with Crippen LogP contribution in [0.5, 0.6) is 0 Å². The monoisotopic (exact) mass is 294 g/mol. The Bertz CT molecular complexity index is 543. The minimum atomic E-state index is -0.483. The van der Waals surface area contributed by atoms with Gasteiger partial charge in [-0.15, -0.1) is 0 Å². The van der Waals surface area contributed by atoms with Crippen LogP contribution in [0.1, 0.15) is 25.8 Å². The van der Waals surface area contributed by atoms with Gasteiger partial charge < -0.3 is 10.2 Å². The summed E-state index contributed by atoms with van der Waals surface area (Å²) < 4.78 is 0. The summed E-state index contributed by atoms with van der Waals surface area (Å²) >= 11 is 6.03. The highest BCUT2D eigenvalue weighted by Gasteiger charge is 2.33. The van der Waals surface area contributed by atoms with Gasteiger partial charge in [0.15, 0.2) is 0 Å². The average molecular weight is 295 g/mol. The molecule has 20 heavy (non-hydrogen) atoms. The lowest BCUT2D eigenvalue weighted by Crippen LogP contribution is -2.48. The van der Waals surface area contributed by atoms with Crippen LogP contribution in [-0.2, 0) is 9.59 Å². The number of amides is 2. The second-order valence-electron chi connectivity index (χ2n) is 5.46. The molecule has 1 unspecified atom stereocenters. The Kier molecular flexibility index (Phi) is 4.33. The maximum absolute atomic E-state index is 12.7. The summed E-state index contributed by atoms with van der Waals surface area (Å²) in [6.45, 7) is 6.17. The molecule has 2 amide bonds. The van der Waals surface area contributed by atoms with Gasteiger partial charge in [-0.1, -0.05) is 31.5 Å². The molecular weight excluding hydrogens is 276 g/mol. The second kappa shape index (κ2) is 5.83. The van der Waals surface area contributed by atoms with Gasteiger partial charge in [0, 0.05) is 23.7 Å². The second-order valence-corrected chi connectivity index (χ2v) is 5.90. The topological polar surface area (TPSA) is 49.4 Å². The van der Waals surface area contributed by atoms with Gasteiger partial charge >= 0.3 is 0 Å². The lowest BCUT2D eigenvalue weighted by molar-refractivity contribution is -0.126. The summed E-state index contributed by atoms with van der Waals surface area (Å²) in [5.41, 5.74) is 1.75. The highest BCUT2D eigenvalue weighted by molar-refractivity contribution is 6.31. The van der Waals surface area contributed by atoms with E-state index in [1.54, 1.807) is 17.0 Å². The molecule has 0 aliphatic carbocycles. The maximum atomic E-state index is 12.7. The van der Waals surface area contributed by atoms with E-state index < -0.39 is 6.04 Å². The van der Waals surface area contributed by atoms with Gasteiger partial charge in [0.2, 0.25) is 11.8 Å². The molecule has 4 nitrogen and oxygen atoms in total. The molecule has 0 bridgehead atoms. The van der Waals surface area contributed by atoms with Crippen LogP contribution in [0, 0.1) is 12.8 Å². The van der Waals surface area contributed by atoms with E-state index in [-0.39, 0.29) is 17.7 Å². The van der Waals surface area contributed by atoms with Gasteiger partial charge in [0.1, 0.15) is 6.04 Å².